The Kier molecular flexibility index (Phi) is 9.30. The van der Waals surface area contributed by atoms with Crippen LogP contribution >= 0.6 is 24.8 Å². The van der Waals surface area contributed by atoms with Gasteiger partial charge in [0.15, 0.2) is 0 Å². The predicted molar refractivity (Wildman–Crippen MR) is 144 cm³/mol. The Morgan fingerprint density at radius 2 is 1.74 bits per heavy atom. The molecule has 0 aliphatic carbocycles. The molecular weight excluding hydrogens is 540 g/mol. The van der Waals surface area contributed by atoms with Crippen LogP contribution in [-0.4, -0.2) is 40.2 Å². The van der Waals surface area contributed by atoms with E-state index in [0.29, 0.717) is 26.2 Å². The molecule has 1 N–H and O–H groups in total. The lowest BCUT2D eigenvalue weighted by Gasteiger charge is -2.24. The number of anilines is 1. The third-order valence-corrected chi connectivity index (χ3v) is 6.05. The molecule has 1 aliphatic rings. The van der Waals surface area contributed by atoms with Crippen LogP contribution in [-0.2, 0) is 13.1 Å². The van der Waals surface area contributed by atoms with E-state index < -0.39 is 12.1 Å². The minimum Gasteiger partial charge on any atom is -0.406 e. The molecule has 5 rings (SSSR count). The third kappa shape index (κ3) is 6.79. The Morgan fingerprint density at radius 1 is 0.947 bits per heavy atom. The summed E-state index contributed by atoms with van der Waals surface area (Å²) in [6.07, 6.45) is -1.44. The van der Waals surface area contributed by atoms with Gasteiger partial charge in [-0.1, -0.05) is 42.5 Å². The van der Waals surface area contributed by atoms with Gasteiger partial charge >= 0.3 is 6.36 Å². The summed E-state index contributed by atoms with van der Waals surface area (Å²) < 4.78 is 42.1. The Morgan fingerprint density at radius 3 is 2.45 bits per heavy atom. The van der Waals surface area contributed by atoms with Crippen LogP contribution in [0.5, 0.6) is 5.75 Å². The van der Waals surface area contributed by atoms with Crippen molar-refractivity contribution in [1.82, 2.24) is 14.9 Å². The van der Waals surface area contributed by atoms with Crippen LogP contribution in [0.15, 0.2) is 85.3 Å². The molecule has 0 fully saturated rings. The molecule has 38 heavy (non-hydrogen) atoms. The highest BCUT2D eigenvalue weighted by molar-refractivity contribution is 5.95. The van der Waals surface area contributed by atoms with Gasteiger partial charge in [-0.3, -0.25) is 4.79 Å². The number of hydrogen-bond donors (Lipinski definition) is 1. The number of nitrogens with zero attached hydrogens (tertiary/aromatic N) is 3. The number of carbonyl (C=O) groups is 1. The molecule has 0 unspecified atom stereocenters. The van der Waals surface area contributed by atoms with Crippen LogP contribution in [0.25, 0.3) is 11.1 Å². The van der Waals surface area contributed by atoms with E-state index in [1.165, 1.54) is 18.2 Å². The number of amides is 1. The zero-order chi connectivity index (χ0) is 25.1. The summed E-state index contributed by atoms with van der Waals surface area (Å²) in [5, 5.41) is 0. The molecule has 1 amide bonds. The Hall–Kier alpha value is -3.69. The van der Waals surface area contributed by atoms with E-state index in [-0.39, 0.29) is 36.3 Å². The summed E-state index contributed by atoms with van der Waals surface area (Å²) in [6, 6.07) is 21.3. The quantitative estimate of drug-likeness (QED) is 0.301. The monoisotopic (exact) mass is 564 g/mol. The first-order valence-electron chi connectivity index (χ1n) is 11.4. The number of aromatic nitrogens is 2. The molecule has 0 radical (unpaired) electrons. The minimum atomic E-state index is -4.83. The van der Waals surface area contributed by atoms with Crippen molar-refractivity contribution in [2.24, 2.45) is 0 Å². The van der Waals surface area contributed by atoms with E-state index in [1.807, 2.05) is 30.3 Å². The predicted octanol–water partition coefficient (Wildman–Crippen LogP) is 6.48. The molecule has 0 saturated heterocycles. The fraction of sp³-hybridized carbons (Fsp3) is 0.185. The van der Waals surface area contributed by atoms with Crippen LogP contribution in [0.2, 0.25) is 0 Å². The van der Waals surface area contributed by atoms with Crippen LogP contribution in [0, 0.1) is 0 Å². The SMILES string of the molecule is Cl.Cl.O=C(c1cccc(OC(F)(F)F)c1)N1CCN(Cc2cnc[nH]2)c2ccc(-c3ccccc3)cc2C1. The largest absolute Gasteiger partial charge is 0.573 e. The fourth-order valence-electron chi connectivity index (χ4n) is 4.40. The van der Waals surface area contributed by atoms with Gasteiger partial charge in [0.2, 0.25) is 0 Å². The zero-order valence-corrected chi connectivity index (χ0v) is 21.7. The Labute approximate surface area is 230 Å². The second-order valence-corrected chi connectivity index (χ2v) is 8.51. The first kappa shape index (κ1) is 28.9. The van der Waals surface area contributed by atoms with Gasteiger partial charge in [0, 0.05) is 37.1 Å². The Bertz CT molecular complexity index is 1350. The lowest BCUT2D eigenvalue weighted by molar-refractivity contribution is -0.274. The zero-order valence-electron chi connectivity index (χ0n) is 20.0. The van der Waals surface area contributed by atoms with E-state index in [9.17, 15) is 18.0 Å². The number of benzene rings is 3. The maximum absolute atomic E-state index is 13.4. The molecule has 2 heterocycles. The minimum absolute atomic E-state index is 0. The normalized spacial score (nSPS) is 13.0. The van der Waals surface area contributed by atoms with E-state index in [0.717, 1.165) is 34.1 Å². The highest BCUT2D eigenvalue weighted by Gasteiger charge is 2.31. The first-order valence-corrected chi connectivity index (χ1v) is 11.4. The van der Waals surface area contributed by atoms with Gasteiger partial charge in [-0.2, -0.15) is 0 Å². The summed E-state index contributed by atoms with van der Waals surface area (Å²) >= 11 is 0. The molecule has 0 bridgehead atoms. The second-order valence-electron chi connectivity index (χ2n) is 8.51. The highest BCUT2D eigenvalue weighted by atomic mass is 35.5. The standard InChI is InChI=1S/C27H23F3N4O2.2ClH/c28-27(29,30)36-24-8-4-7-21(14-24)26(35)34-12-11-33(17-23-15-31-18-32-23)25-10-9-20(13-22(25)16-34)19-5-2-1-3-6-19;;/h1-10,13-15,18H,11-12,16-17H2,(H,31,32);2*1H. The highest BCUT2D eigenvalue weighted by Crippen LogP contribution is 2.32. The number of ether oxygens (including phenoxy) is 1. The molecule has 3 aromatic carbocycles. The van der Waals surface area contributed by atoms with Crippen molar-refractivity contribution in [2.45, 2.75) is 19.5 Å². The number of halogens is 5. The van der Waals surface area contributed by atoms with Crippen LogP contribution in [0.3, 0.4) is 0 Å². The van der Waals surface area contributed by atoms with E-state index in [2.05, 4.69) is 37.8 Å². The van der Waals surface area contributed by atoms with E-state index in [4.69, 9.17) is 0 Å². The fourth-order valence-corrected chi connectivity index (χ4v) is 4.40. The van der Waals surface area contributed by atoms with Gasteiger partial charge in [-0.15, -0.1) is 38.0 Å². The molecular formula is C27H25Cl2F3N4O2. The maximum atomic E-state index is 13.4. The molecule has 4 aromatic rings. The molecule has 0 atom stereocenters. The molecule has 1 aromatic heterocycles. The van der Waals surface area contributed by atoms with Crippen molar-refractivity contribution >= 4 is 36.4 Å². The number of aromatic amines is 1. The molecule has 1 aliphatic heterocycles. The number of carbonyl (C=O) groups excluding carboxylic acids is 1. The lowest BCUT2D eigenvalue weighted by atomic mass is 10.0. The first-order chi connectivity index (χ1) is 17.4. The van der Waals surface area contributed by atoms with Gasteiger partial charge in [-0.05, 0) is 47.0 Å². The molecule has 0 saturated carbocycles. The molecule has 11 heteroatoms. The molecule has 6 nitrogen and oxygen atoms in total. The number of hydrogen-bond acceptors (Lipinski definition) is 4. The summed E-state index contributed by atoms with van der Waals surface area (Å²) in [6.45, 7) is 1.83. The van der Waals surface area contributed by atoms with Crippen molar-refractivity contribution in [2.75, 3.05) is 18.0 Å². The van der Waals surface area contributed by atoms with Crippen LogP contribution in [0.4, 0.5) is 18.9 Å². The smallest absolute Gasteiger partial charge is 0.406 e. The van der Waals surface area contributed by atoms with E-state index in [1.54, 1.807) is 17.4 Å². The van der Waals surface area contributed by atoms with Gasteiger partial charge in [-0.25, -0.2) is 4.98 Å². The maximum Gasteiger partial charge on any atom is 0.573 e. The topological polar surface area (TPSA) is 61.5 Å². The van der Waals surface area contributed by atoms with Gasteiger partial charge in [0.05, 0.1) is 18.6 Å². The van der Waals surface area contributed by atoms with Crippen LogP contribution < -0.4 is 9.64 Å². The number of nitrogens with one attached hydrogen (secondary N) is 1. The van der Waals surface area contributed by atoms with Crippen LogP contribution in [0.1, 0.15) is 21.6 Å². The van der Waals surface area contributed by atoms with Gasteiger partial charge in [0.25, 0.3) is 5.91 Å². The number of rotatable bonds is 5. The molecule has 200 valence electrons. The van der Waals surface area contributed by atoms with E-state index >= 15 is 0 Å². The van der Waals surface area contributed by atoms with Crippen molar-refractivity contribution < 1.29 is 22.7 Å². The number of alkyl halides is 3. The Balaban J connectivity index is 0.00000200. The van der Waals surface area contributed by atoms with Crippen molar-refractivity contribution in [3.05, 3.63) is 102 Å². The summed E-state index contributed by atoms with van der Waals surface area (Å²) in [4.78, 5) is 24.5. The van der Waals surface area contributed by atoms with Gasteiger partial charge < -0.3 is 19.5 Å². The number of H-pyrrole nitrogens is 1. The number of fused-ring (bicyclic) bond motifs is 1. The van der Waals surface area contributed by atoms with Crippen molar-refractivity contribution in [3.8, 4) is 16.9 Å². The van der Waals surface area contributed by atoms with Crippen molar-refractivity contribution in [3.63, 3.8) is 0 Å². The summed E-state index contributed by atoms with van der Waals surface area (Å²) in [5.41, 5.74) is 5.09. The average molecular weight is 565 g/mol. The molecule has 0 spiro atoms. The summed E-state index contributed by atoms with van der Waals surface area (Å²) in [7, 11) is 0. The second kappa shape index (κ2) is 12.2. The third-order valence-electron chi connectivity index (χ3n) is 6.05. The van der Waals surface area contributed by atoms with Gasteiger partial charge in [0.1, 0.15) is 5.75 Å². The number of imidazole rings is 1. The average Bonchev–Trinajstić information content (AvgIpc) is 3.31. The summed E-state index contributed by atoms with van der Waals surface area (Å²) in [5.74, 6) is -0.780. The lowest BCUT2D eigenvalue weighted by Crippen LogP contribution is -2.35. The van der Waals surface area contributed by atoms with Crippen molar-refractivity contribution in [1.29, 1.82) is 0 Å².